The Morgan fingerprint density at radius 1 is 1.00 bits per heavy atom. The number of rotatable bonds is 1. The molecule has 4 heteroatoms. The average molecular weight is 425 g/mol. The van der Waals surface area contributed by atoms with E-state index in [9.17, 15) is 0 Å². The molecular weight excluding hydrogens is 409 g/mol. The van der Waals surface area contributed by atoms with Crippen LogP contribution < -0.4 is 10.6 Å². The molecule has 4 unspecified atom stereocenters. The number of allylic oxidation sites excluding steroid dienone is 1. The van der Waals surface area contributed by atoms with Crippen LogP contribution in [0.2, 0.25) is 0 Å². The molecule has 1 aliphatic carbocycles. The van der Waals surface area contributed by atoms with E-state index in [-0.39, 0.29) is 24.4 Å². The first-order chi connectivity index (χ1) is 11.8. The maximum atomic E-state index is 3.74. The Bertz CT molecular complexity index is 878. The highest BCUT2D eigenvalue weighted by Gasteiger charge is 2.47. The van der Waals surface area contributed by atoms with Gasteiger partial charge in [-0.1, -0.05) is 48.2 Å². The van der Waals surface area contributed by atoms with E-state index >= 15 is 0 Å². The molecule has 3 aliphatic rings. The smallest absolute Gasteiger partial charge is 0.108 e. The third kappa shape index (κ3) is 2.20. The summed E-state index contributed by atoms with van der Waals surface area (Å²) in [6.45, 7) is 0. The number of hydrogen-bond acceptors (Lipinski definition) is 3. The zero-order valence-electron chi connectivity index (χ0n) is 12.9. The molecule has 24 heavy (non-hydrogen) atoms. The van der Waals surface area contributed by atoms with Gasteiger partial charge in [0.2, 0.25) is 0 Å². The summed E-state index contributed by atoms with van der Waals surface area (Å²) < 4.78 is 1.25. The van der Waals surface area contributed by atoms with Gasteiger partial charge in [-0.05, 0) is 52.4 Å². The lowest BCUT2D eigenvalue weighted by molar-refractivity contribution is 0.150. The van der Waals surface area contributed by atoms with Crippen LogP contribution in [0.25, 0.3) is 0 Å². The topological polar surface area (TPSA) is 27.3 Å². The number of nitrogens with zero attached hydrogens (tertiary/aromatic N) is 1. The number of hydrogen-bond donors (Lipinski definition) is 2. The first-order valence-electron chi connectivity index (χ1n) is 8.13. The predicted octanol–water partition coefficient (Wildman–Crippen LogP) is 3.63. The molecule has 0 amide bonds. The van der Waals surface area contributed by atoms with Crippen molar-refractivity contribution in [3.8, 4) is 11.8 Å². The second-order valence-corrected chi connectivity index (χ2v) is 7.56. The van der Waals surface area contributed by atoms with Crippen molar-refractivity contribution in [1.82, 2.24) is 10.2 Å². The first-order valence-corrected chi connectivity index (χ1v) is 9.21. The summed E-state index contributed by atoms with van der Waals surface area (Å²) in [6, 6.07) is 17.8. The fourth-order valence-corrected chi connectivity index (χ4v) is 4.24. The van der Waals surface area contributed by atoms with Gasteiger partial charge in [-0.2, -0.15) is 0 Å². The zero-order chi connectivity index (χ0) is 16.1. The van der Waals surface area contributed by atoms with Crippen LogP contribution in [0.3, 0.4) is 0 Å². The van der Waals surface area contributed by atoms with Gasteiger partial charge in [0, 0.05) is 14.8 Å². The van der Waals surface area contributed by atoms with E-state index in [0.717, 1.165) is 0 Å². The Labute approximate surface area is 155 Å². The number of nitrogens with one attached hydrogen (secondary N) is 2. The molecule has 2 N–H and O–H groups in total. The van der Waals surface area contributed by atoms with Gasteiger partial charge in [0.25, 0.3) is 0 Å². The van der Waals surface area contributed by atoms with Gasteiger partial charge in [-0.25, -0.2) is 0 Å². The standard InChI is InChI=1S/C20H16IN3/c21-14-11-9-13(10-12-14)19-22-16-6-2-1-5-15(16)20-23-17-7-3-4-8-18(17)24(19)20/h1-2,4-6,8-12,17-20,22-23H. The van der Waals surface area contributed by atoms with Crippen molar-refractivity contribution in [2.24, 2.45) is 0 Å². The lowest BCUT2D eigenvalue weighted by Gasteiger charge is -2.42. The minimum Gasteiger partial charge on any atom is -0.365 e. The summed E-state index contributed by atoms with van der Waals surface area (Å²) >= 11 is 2.35. The van der Waals surface area contributed by atoms with Crippen molar-refractivity contribution < 1.29 is 0 Å². The highest BCUT2D eigenvalue weighted by molar-refractivity contribution is 14.1. The molecule has 3 nitrogen and oxygen atoms in total. The Balaban J connectivity index is 1.64. The van der Waals surface area contributed by atoms with Crippen molar-refractivity contribution >= 4 is 28.3 Å². The third-order valence-corrected chi connectivity index (χ3v) is 5.69. The van der Waals surface area contributed by atoms with Gasteiger partial charge in [-0.3, -0.25) is 10.2 Å². The van der Waals surface area contributed by atoms with Crippen molar-refractivity contribution in [3.63, 3.8) is 0 Å². The Hall–Kier alpha value is -1.81. The summed E-state index contributed by atoms with van der Waals surface area (Å²) in [5.74, 6) is 6.44. The molecule has 4 atom stereocenters. The fourth-order valence-electron chi connectivity index (χ4n) is 3.88. The van der Waals surface area contributed by atoms with Crippen LogP contribution in [0.15, 0.2) is 60.7 Å². The summed E-state index contributed by atoms with van der Waals surface area (Å²) in [5.41, 5.74) is 3.78. The minimum atomic E-state index is 0.133. The van der Waals surface area contributed by atoms with E-state index in [2.05, 4.69) is 105 Å². The lowest BCUT2D eigenvalue weighted by atomic mass is 9.99. The molecule has 0 saturated carbocycles. The van der Waals surface area contributed by atoms with Crippen molar-refractivity contribution in [2.45, 2.75) is 24.4 Å². The molecule has 0 radical (unpaired) electrons. The van der Waals surface area contributed by atoms with Crippen LogP contribution in [0.4, 0.5) is 5.69 Å². The molecule has 0 spiro atoms. The first kappa shape index (κ1) is 14.5. The summed E-state index contributed by atoms with van der Waals surface area (Å²) in [7, 11) is 0. The van der Waals surface area contributed by atoms with Gasteiger partial charge in [-0.15, -0.1) is 0 Å². The molecule has 118 valence electrons. The molecule has 2 heterocycles. The molecule has 5 rings (SSSR count). The number of halogens is 1. The number of benzene rings is 2. The summed E-state index contributed by atoms with van der Waals surface area (Å²) in [6.07, 6.45) is 4.52. The van der Waals surface area contributed by atoms with Crippen LogP contribution in [0.1, 0.15) is 23.5 Å². The molecule has 2 aromatic rings. The molecule has 0 bridgehead atoms. The number of fused-ring (bicyclic) bond motifs is 5. The van der Waals surface area contributed by atoms with Crippen LogP contribution in [0.5, 0.6) is 0 Å². The van der Waals surface area contributed by atoms with Gasteiger partial charge < -0.3 is 5.32 Å². The van der Waals surface area contributed by atoms with E-state index in [1.807, 2.05) is 6.08 Å². The van der Waals surface area contributed by atoms with Gasteiger partial charge in [0.05, 0.1) is 18.2 Å². The Morgan fingerprint density at radius 3 is 2.71 bits per heavy atom. The van der Waals surface area contributed by atoms with E-state index < -0.39 is 0 Å². The fraction of sp³-hybridized carbons (Fsp3) is 0.200. The second-order valence-electron chi connectivity index (χ2n) is 6.32. The maximum absolute atomic E-state index is 3.74. The predicted molar refractivity (Wildman–Crippen MR) is 104 cm³/mol. The molecular formula is C20H16IN3. The van der Waals surface area contributed by atoms with Crippen molar-refractivity contribution in [1.29, 1.82) is 0 Å². The number of para-hydroxylation sites is 1. The number of anilines is 1. The highest BCUT2D eigenvalue weighted by atomic mass is 127. The Morgan fingerprint density at radius 2 is 1.83 bits per heavy atom. The summed E-state index contributed by atoms with van der Waals surface area (Å²) in [5, 5.41) is 7.46. The van der Waals surface area contributed by atoms with Crippen LogP contribution in [-0.2, 0) is 0 Å². The van der Waals surface area contributed by atoms with Crippen molar-refractivity contribution in [3.05, 3.63) is 75.4 Å². The van der Waals surface area contributed by atoms with Crippen LogP contribution in [0, 0.1) is 15.4 Å². The second kappa shape index (κ2) is 5.62. The third-order valence-electron chi connectivity index (χ3n) is 4.97. The van der Waals surface area contributed by atoms with E-state index in [0.29, 0.717) is 0 Å². The maximum Gasteiger partial charge on any atom is 0.108 e. The van der Waals surface area contributed by atoms with Gasteiger partial charge >= 0.3 is 0 Å². The highest BCUT2D eigenvalue weighted by Crippen LogP contribution is 2.44. The van der Waals surface area contributed by atoms with E-state index in [1.165, 1.54) is 20.4 Å². The average Bonchev–Trinajstić information content (AvgIpc) is 3.02. The quantitative estimate of drug-likeness (QED) is 0.540. The normalized spacial score (nSPS) is 29.7. The molecule has 1 saturated heterocycles. The molecule has 0 aromatic heterocycles. The minimum absolute atomic E-state index is 0.133. The van der Waals surface area contributed by atoms with Crippen LogP contribution in [-0.4, -0.2) is 17.0 Å². The molecule has 2 aromatic carbocycles. The SMILES string of the molecule is Ic1ccc(C2Nc3ccccc3C3NC4C#CC=CC4N23)cc1. The van der Waals surface area contributed by atoms with Crippen molar-refractivity contribution in [2.75, 3.05) is 5.32 Å². The zero-order valence-corrected chi connectivity index (χ0v) is 15.1. The molecule has 2 aliphatic heterocycles. The van der Waals surface area contributed by atoms with Crippen LogP contribution >= 0.6 is 22.6 Å². The summed E-state index contributed by atoms with van der Waals surface area (Å²) in [4.78, 5) is 2.51. The monoisotopic (exact) mass is 425 g/mol. The van der Waals surface area contributed by atoms with Gasteiger partial charge in [0.1, 0.15) is 6.17 Å². The van der Waals surface area contributed by atoms with E-state index in [1.54, 1.807) is 0 Å². The largest absolute Gasteiger partial charge is 0.365 e. The Kier molecular flexibility index (Phi) is 3.40. The van der Waals surface area contributed by atoms with E-state index in [4.69, 9.17) is 0 Å². The van der Waals surface area contributed by atoms with Gasteiger partial charge in [0.15, 0.2) is 0 Å². The molecule has 1 fully saturated rings. The lowest BCUT2D eigenvalue weighted by Crippen LogP contribution is -2.44.